The molecule has 0 unspecified atom stereocenters. The van der Waals surface area contributed by atoms with Crippen molar-refractivity contribution < 1.29 is 0 Å². The van der Waals surface area contributed by atoms with Gasteiger partial charge in [-0.05, 0) is 50.2 Å². The smallest absolute Gasteiger partial charge is 0.0357 e. The van der Waals surface area contributed by atoms with Gasteiger partial charge in [-0.15, -0.1) is 0 Å². The number of nitrogens with one attached hydrogen (secondary N) is 1. The lowest BCUT2D eigenvalue weighted by atomic mass is 9.87. The maximum absolute atomic E-state index is 3.51. The topological polar surface area (TPSA) is 15.3 Å². The number of hydrogen-bond donors (Lipinski definition) is 1. The molecule has 1 atom stereocenters. The van der Waals surface area contributed by atoms with Crippen molar-refractivity contribution in [1.29, 1.82) is 0 Å². The molecule has 1 N–H and O–H groups in total. The number of piperazine rings is 1. The minimum absolute atomic E-state index is 0.497. The Hall–Kier alpha value is -2.16. The van der Waals surface area contributed by atoms with Crippen molar-refractivity contribution in [2.24, 2.45) is 5.92 Å². The predicted octanol–water partition coefficient (Wildman–Crippen LogP) is 5.58. The van der Waals surface area contributed by atoms with Gasteiger partial charge in [0.25, 0.3) is 0 Å². The molecule has 1 aliphatic heterocycles. The minimum atomic E-state index is 0.497. The van der Waals surface area contributed by atoms with E-state index in [0.29, 0.717) is 12.0 Å². The molecular formula is C25H28N2. The van der Waals surface area contributed by atoms with Gasteiger partial charge in [-0.25, -0.2) is 0 Å². The Morgan fingerprint density at radius 2 is 1.44 bits per heavy atom. The van der Waals surface area contributed by atoms with Crippen molar-refractivity contribution in [3.8, 4) is 0 Å². The third-order valence-electron chi connectivity index (χ3n) is 6.21. The van der Waals surface area contributed by atoms with Gasteiger partial charge in [0.15, 0.2) is 0 Å². The fraction of sp³-hybridized carbons (Fsp3) is 0.360. The van der Waals surface area contributed by atoms with Crippen LogP contribution in [-0.4, -0.2) is 31.1 Å². The first-order valence-corrected chi connectivity index (χ1v) is 10.3. The predicted molar refractivity (Wildman–Crippen MR) is 117 cm³/mol. The first-order chi connectivity index (χ1) is 13.2. The molecule has 1 fully saturated rings. The van der Waals surface area contributed by atoms with E-state index >= 15 is 0 Å². The molecule has 4 aromatic rings. The molecule has 0 aliphatic carbocycles. The zero-order chi connectivity index (χ0) is 18.4. The Kier molecular flexibility index (Phi) is 4.26. The molecule has 2 nitrogen and oxygen atoms in total. The largest absolute Gasteiger partial charge is 0.314 e. The van der Waals surface area contributed by atoms with Crippen molar-refractivity contribution in [3.63, 3.8) is 0 Å². The Labute approximate surface area is 161 Å². The van der Waals surface area contributed by atoms with Gasteiger partial charge >= 0.3 is 0 Å². The first-order valence-electron chi connectivity index (χ1n) is 10.3. The van der Waals surface area contributed by atoms with Gasteiger partial charge in [0, 0.05) is 32.2 Å². The van der Waals surface area contributed by atoms with Crippen LogP contribution in [0, 0.1) is 5.92 Å². The molecule has 0 spiro atoms. The fourth-order valence-electron chi connectivity index (χ4n) is 4.96. The van der Waals surface area contributed by atoms with E-state index in [0.717, 1.165) is 26.2 Å². The summed E-state index contributed by atoms with van der Waals surface area (Å²) in [6.07, 6.45) is 1.21. The van der Waals surface area contributed by atoms with Gasteiger partial charge in [0.2, 0.25) is 0 Å². The Bertz CT molecular complexity index is 1060. The molecule has 0 amide bonds. The SMILES string of the molecule is CC(C)C[C@@H](c1ccc2ccc3cccc4ccc1c2c34)N1CCNCC1. The molecule has 1 saturated heterocycles. The zero-order valence-corrected chi connectivity index (χ0v) is 16.3. The Balaban J connectivity index is 1.75. The van der Waals surface area contributed by atoms with E-state index in [9.17, 15) is 0 Å². The van der Waals surface area contributed by atoms with E-state index in [-0.39, 0.29) is 0 Å². The quantitative estimate of drug-likeness (QED) is 0.480. The Morgan fingerprint density at radius 3 is 2.15 bits per heavy atom. The van der Waals surface area contributed by atoms with E-state index in [4.69, 9.17) is 0 Å². The van der Waals surface area contributed by atoms with Crippen LogP contribution in [0.25, 0.3) is 32.3 Å². The normalized spacial score (nSPS) is 17.4. The van der Waals surface area contributed by atoms with E-state index in [1.807, 2.05) is 0 Å². The second-order valence-electron chi connectivity index (χ2n) is 8.44. The number of nitrogens with zero attached hydrogens (tertiary/aromatic N) is 1. The van der Waals surface area contributed by atoms with Gasteiger partial charge < -0.3 is 5.32 Å². The minimum Gasteiger partial charge on any atom is -0.314 e. The molecule has 5 rings (SSSR count). The summed E-state index contributed by atoms with van der Waals surface area (Å²) in [7, 11) is 0. The summed E-state index contributed by atoms with van der Waals surface area (Å²) in [5.74, 6) is 0.684. The third-order valence-corrected chi connectivity index (χ3v) is 6.21. The first kappa shape index (κ1) is 17.0. The van der Waals surface area contributed by atoms with E-state index < -0.39 is 0 Å². The van der Waals surface area contributed by atoms with Crippen molar-refractivity contribution in [3.05, 3.63) is 60.2 Å². The lowest BCUT2D eigenvalue weighted by Crippen LogP contribution is -2.45. The van der Waals surface area contributed by atoms with Crippen LogP contribution in [0.3, 0.4) is 0 Å². The van der Waals surface area contributed by atoms with Crippen LogP contribution in [0.15, 0.2) is 54.6 Å². The molecule has 138 valence electrons. The highest BCUT2D eigenvalue weighted by Crippen LogP contribution is 2.40. The number of rotatable bonds is 4. The van der Waals surface area contributed by atoms with Gasteiger partial charge in [0.1, 0.15) is 0 Å². The van der Waals surface area contributed by atoms with Crippen LogP contribution in [-0.2, 0) is 0 Å². The van der Waals surface area contributed by atoms with E-state index in [2.05, 4.69) is 78.7 Å². The summed E-state index contributed by atoms with van der Waals surface area (Å²) >= 11 is 0. The molecule has 0 aromatic heterocycles. The van der Waals surface area contributed by atoms with Crippen molar-refractivity contribution in [2.45, 2.75) is 26.3 Å². The summed E-state index contributed by atoms with van der Waals surface area (Å²) in [5, 5.41) is 11.9. The molecule has 0 saturated carbocycles. The molecule has 0 radical (unpaired) electrons. The van der Waals surface area contributed by atoms with Crippen LogP contribution >= 0.6 is 0 Å². The molecular weight excluding hydrogens is 328 g/mol. The van der Waals surface area contributed by atoms with Crippen LogP contribution in [0.2, 0.25) is 0 Å². The second kappa shape index (κ2) is 6.78. The molecule has 4 aromatic carbocycles. The molecule has 1 heterocycles. The van der Waals surface area contributed by atoms with Gasteiger partial charge in [0.05, 0.1) is 0 Å². The van der Waals surface area contributed by atoms with Crippen molar-refractivity contribution in [1.82, 2.24) is 10.2 Å². The van der Waals surface area contributed by atoms with Gasteiger partial charge in [-0.3, -0.25) is 4.90 Å². The lowest BCUT2D eigenvalue weighted by molar-refractivity contribution is 0.155. The molecule has 1 aliphatic rings. The third kappa shape index (κ3) is 2.88. The zero-order valence-electron chi connectivity index (χ0n) is 16.3. The maximum atomic E-state index is 3.51. The van der Waals surface area contributed by atoms with Crippen molar-refractivity contribution in [2.75, 3.05) is 26.2 Å². The highest BCUT2D eigenvalue weighted by molar-refractivity contribution is 6.23. The van der Waals surface area contributed by atoms with Gasteiger partial charge in [-0.1, -0.05) is 68.4 Å². The summed E-state index contributed by atoms with van der Waals surface area (Å²) in [4.78, 5) is 2.70. The summed E-state index contributed by atoms with van der Waals surface area (Å²) in [6.45, 7) is 9.18. The van der Waals surface area contributed by atoms with E-state index in [1.54, 1.807) is 0 Å². The average Bonchev–Trinajstić information content (AvgIpc) is 2.71. The van der Waals surface area contributed by atoms with Crippen LogP contribution < -0.4 is 5.32 Å². The van der Waals surface area contributed by atoms with Crippen molar-refractivity contribution >= 4 is 32.3 Å². The summed E-state index contributed by atoms with van der Waals surface area (Å²) in [6, 6.07) is 21.2. The van der Waals surface area contributed by atoms with E-state index in [1.165, 1.54) is 44.3 Å². The monoisotopic (exact) mass is 356 g/mol. The molecule has 0 bridgehead atoms. The average molecular weight is 357 g/mol. The van der Waals surface area contributed by atoms with Crippen LogP contribution in [0.4, 0.5) is 0 Å². The summed E-state index contributed by atoms with van der Waals surface area (Å²) < 4.78 is 0. The van der Waals surface area contributed by atoms with Crippen LogP contribution in [0.1, 0.15) is 31.9 Å². The fourth-order valence-corrected chi connectivity index (χ4v) is 4.96. The lowest BCUT2D eigenvalue weighted by Gasteiger charge is -2.37. The highest BCUT2D eigenvalue weighted by atomic mass is 15.2. The van der Waals surface area contributed by atoms with Gasteiger partial charge in [-0.2, -0.15) is 0 Å². The molecule has 2 heteroatoms. The maximum Gasteiger partial charge on any atom is 0.0357 e. The number of hydrogen-bond acceptors (Lipinski definition) is 2. The Morgan fingerprint density at radius 1 is 0.815 bits per heavy atom. The second-order valence-corrected chi connectivity index (χ2v) is 8.44. The van der Waals surface area contributed by atoms with Crippen LogP contribution in [0.5, 0.6) is 0 Å². The summed E-state index contributed by atoms with van der Waals surface area (Å²) in [5.41, 5.74) is 1.51. The number of benzene rings is 4. The molecule has 27 heavy (non-hydrogen) atoms. The highest BCUT2D eigenvalue weighted by Gasteiger charge is 2.25. The standard InChI is InChI=1S/C25H28N2/c1-17(2)16-23(27-14-12-26-13-15-27)21-10-8-20-7-6-18-4-3-5-19-9-11-22(21)25(20)24(18)19/h3-11,17,23,26H,12-16H2,1-2H3/t23-/m0/s1.